The molecule has 0 saturated carbocycles. The molecule has 0 heterocycles. The van der Waals surface area contributed by atoms with Crippen molar-refractivity contribution >= 4 is 0 Å². The topological polar surface area (TPSA) is 26.0 Å². The summed E-state index contributed by atoms with van der Waals surface area (Å²) in [6, 6.07) is 0. The van der Waals surface area contributed by atoms with Crippen molar-refractivity contribution in [1.82, 2.24) is 0 Å². The third kappa shape index (κ3) is 5.56. The average molecular weight is 253 g/mol. The summed E-state index contributed by atoms with van der Waals surface area (Å²) in [4.78, 5) is 0. The Labute approximate surface area is 115 Å². The average Bonchev–Trinajstić information content (AvgIpc) is 2.42. The third-order valence-electron chi connectivity index (χ3n) is 5.03. The van der Waals surface area contributed by atoms with Crippen molar-refractivity contribution in [3.63, 3.8) is 0 Å². The summed E-state index contributed by atoms with van der Waals surface area (Å²) in [7, 11) is 0. The van der Waals surface area contributed by atoms with Crippen molar-refractivity contribution in [2.24, 2.45) is 16.6 Å². The quantitative estimate of drug-likeness (QED) is 0.525. The van der Waals surface area contributed by atoms with Gasteiger partial charge in [-0.15, -0.1) is 0 Å². The van der Waals surface area contributed by atoms with Crippen molar-refractivity contribution in [2.75, 3.05) is 6.54 Å². The molecule has 0 aromatic heterocycles. The number of nitrogens with two attached hydrogens (primary N) is 1. The summed E-state index contributed by atoms with van der Waals surface area (Å²) in [5.41, 5.74) is 6.51. The fraction of sp³-hybridized carbons (Fsp3) is 0.882. The lowest BCUT2D eigenvalue weighted by Crippen LogP contribution is -2.18. The first-order valence-electron chi connectivity index (χ1n) is 7.89. The lowest BCUT2D eigenvalue weighted by atomic mass is 9.76. The first kappa shape index (κ1) is 17.7. The van der Waals surface area contributed by atoms with Gasteiger partial charge in [0.2, 0.25) is 0 Å². The fourth-order valence-electron chi connectivity index (χ4n) is 2.65. The fourth-order valence-corrected chi connectivity index (χ4v) is 2.65. The van der Waals surface area contributed by atoms with Gasteiger partial charge >= 0.3 is 0 Å². The van der Waals surface area contributed by atoms with E-state index < -0.39 is 0 Å². The molecule has 0 bridgehead atoms. The van der Waals surface area contributed by atoms with E-state index in [9.17, 15) is 0 Å². The highest BCUT2D eigenvalue weighted by molar-refractivity contribution is 5.00. The Balaban J connectivity index is 4.50. The van der Waals surface area contributed by atoms with Crippen LogP contribution >= 0.6 is 0 Å². The van der Waals surface area contributed by atoms with Crippen LogP contribution in [0.4, 0.5) is 0 Å². The minimum absolute atomic E-state index is 0.433. The lowest BCUT2D eigenvalue weighted by Gasteiger charge is -2.29. The van der Waals surface area contributed by atoms with Gasteiger partial charge in [-0.3, -0.25) is 0 Å². The highest BCUT2D eigenvalue weighted by atomic mass is 14.5. The van der Waals surface area contributed by atoms with E-state index in [0.717, 1.165) is 13.0 Å². The summed E-state index contributed by atoms with van der Waals surface area (Å²) in [6.45, 7) is 12.5. The zero-order chi connectivity index (χ0) is 14.1. The first-order valence-corrected chi connectivity index (χ1v) is 7.89. The van der Waals surface area contributed by atoms with Crippen LogP contribution in [0.2, 0.25) is 0 Å². The van der Waals surface area contributed by atoms with Crippen LogP contribution in [-0.2, 0) is 0 Å². The highest BCUT2D eigenvalue weighted by Gasteiger charge is 2.22. The van der Waals surface area contributed by atoms with Crippen LogP contribution in [0.3, 0.4) is 0 Å². The molecule has 0 radical (unpaired) electrons. The highest BCUT2D eigenvalue weighted by Crippen LogP contribution is 2.35. The molecule has 0 spiro atoms. The maximum atomic E-state index is 5.63. The van der Waals surface area contributed by atoms with Gasteiger partial charge in [0.25, 0.3) is 0 Å². The van der Waals surface area contributed by atoms with Gasteiger partial charge in [0, 0.05) is 0 Å². The molecule has 0 aliphatic heterocycles. The Morgan fingerprint density at radius 3 is 1.89 bits per heavy atom. The van der Waals surface area contributed by atoms with Crippen LogP contribution in [0.5, 0.6) is 0 Å². The summed E-state index contributed by atoms with van der Waals surface area (Å²) in [5.74, 6) is 0. The van der Waals surface area contributed by atoms with Crippen LogP contribution in [-0.4, -0.2) is 6.54 Å². The minimum Gasteiger partial charge on any atom is -0.330 e. The Morgan fingerprint density at radius 1 is 0.944 bits per heavy atom. The van der Waals surface area contributed by atoms with Crippen molar-refractivity contribution in [3.05, 3.63) is 12.2 Å². The van der Waals surface area contributed by atoms with Crippen molar-refractivity contribution in [3.8, 4) is 0 Å². The summed E-state index contributed by atoms with van der Waals surface area (Å²) in [5, 5.41) is 0. The molecule has 108 valence electrons. The smallest absolute Gasteiger partial charge is 0.00771 e. The van der Waals surface area contributed by atoms with Gasteiger partial charge in [0.05, 0.1) is 0 Å². The standard InChI is InChI=1S/C17H35N/c1-6-16(5,13-11-15-18)12-10-14-17(7-2,8-3)9-4/h10,14H,6-9,11-13,15,18H2,1-5H3. The minimum atomic E-state index is 0.433. The first-order chi connectivity index (χ1) is 8.51. The van der Waals surface area contributed by atoms with Gasteiger partial charge in [-0.1, -0.05) is 53.2 Å². The molecule has 0 aliphatic carbocycles. The van der Waals surface area contributed by atoms with E-state index in [-0.39, 0.29) is 0 Å². The van der Waals surface area contributed by atoms with E-state index in [1.54, 1.807) is 0 Å². The summed E-state index contributed by atoms with van der Waals surface area (Å²) >= 11 is 0. The van der Waals surface area contributed by atoms with Crippen LogP contribution in [0, 0.1) is 10.8 Å². The van der Waals surface area contributed by atoms with E-state index in [0.29, 0.717) is 10.8 Å². The van der Waals surface area contributed by atoms with Gasteiger partial charge in [-0.2, -0.15) is 0 Å². The van der Waals surface area contributed by atoms with Gasteiger partial charge in [-0.05, 0) is 55.9 Å². The SMILES string of the molecule is CCC(C)(CC=CC(CC)(CC)CC)CCCN. The van der Waals surface area contributed by atoms with E-state index in [1.807, 2.05) is 0 Å². The van der Waals surface area contributed by atoms with Crippen LogP contribution < -0.4 is 5.73 Å². The predicted molar refractivity (Wildman–Crippen MR) is 83.7 cm³/mol. The number of allylic oxidation sites excluding steroid dienone is 2. The second-order valence-electron chi connectivity index (χ2n) is 6.09. The summed E-state index contributed by atoms with van der Waals surface area (Å²) in [6.07, 6.45) is 13.5. The normalized spacial score (nSPS) is 16.1. The largest absolute Gasteiger partial charge is 0.330 e. The number of hydrogen-bond donors (Lipinski definition) is 1. The zero-order valence-corrected chi connectivity index (χ0v) is 13.4. The Bertz CT molecular complexity index is 219. The molecule has 0 aromatic rings. The number of rotatable bonds is 10. The molecular formula is C17H35N. The molecule has 0 saturated heterocycles. The van der Waals surface area contributed by atoms with Crippen LogP contribution in [0.15, 0.2) is 12.2 Å². The monoisotopic (exact) mass is 253 g/mol. The van der Waals surface area contributed by atoms with E-state index >= 15 is 0 Å². The van der Waals surface area contributed by atoms with E-state index in [4.69, 9.17) is 5.73 Å². The van der Waals surface area contributed by atoms with Crippen LogP contribution in [0.1, 0.15) is 79.6 Å². The zero-order valence-electron chi connectivity index (χ0n) is 13.4. The molecule has 1 heteroatoms. The van der Waals surface area contributed by atoms with Gasteiger partial charge in [0.15, 0.2) is 0 Å². The molecule has 0 aliphatic rings. The molecule has 0 aromatic carbocycles. The van der Waals surface area contributed by atoms with E-state index in [2.05, 4.69) is 46.8 Å². The van der Waals surface area contributed by atoms with Crippen LogP contribution in [0.25, 0.3) is 0 Å². The van der Waals surface area contributed by atoms with Crippen molar-refractivity contribution in [1.29, 1.82) is 0 Å². The van der Waals surface area contributed by atoms with Gasteiger partial charge in [-0.25, -0.2) is 0 Å². The van der Waals surface area contributed by atoms with Gasteiger partial charge < -0.3 is 5.73 Å². The lowest BCUT2D eigenvalue weighted by molar-refractivity contribution is 0.278. The van der Waals surface area contributed by atoms with Crippen molar-refractivity contribution < 1.29 is 0 Å². The molecule has 0 amide bonds. The number of hydrogen-bond acceptors (Lipinski definition) is 1. The Morgan fingerprint density at radius 2 is 1.50 bits per heavy atom. The van der Waals surface area contributed by atoms with Gasteiger partial charge in [0.1, 0.15) is 0 Å². The third-order valence-corrected chi connectivity index (χ3v) is 5.03. The maximum absolute atomic E-state index is 5.63. The molecule has 0 rings (SSSR count). The molecule has 18 heavy (non-hydrogen) atoms. The van der Waals surface area contributed by atoms with E-state index in [1.165, 1.54) is 38.5 Å². The second-order valence-corrected chi connectivity index (χ2v) is 6.09. The molecule has 1 nitrogen and oxygen atoms in total. The summed E-state index contributed by atoms with van der Waals surface area (Å²) < 4.78 is 0. The Kier molecular flexibility index (Phi) is 8.60. The second kappa shape index (κ2) is 8.74. The molecular weight excluding hydrogens is 218 g/mol. The molecule has 1 atom stereocenters. The van der Waals surface area contributed by atoms with Crippen molar-refractivity contribution in [2.45, 2.75) is 79.6 Å². The predicted octanol–water partition coefficient (Wildman–Crippen LogP) is 5.30. The Hall–Kier alpha value is -0.300. The molecule has 0 fully saturated rings. The maximum Gasteiger partial charge on any atom is -0.00771 e. The molecule has 1 unspecified atom stereocenters. The molecule has 2 N–H and O–H groups in total.